The van der Waals surface area contributed by atoms with Crippen LogP contribution < -0.4 is 4.90 Å². The molecule has 3 nitrogen and oxygen atoms in total. The number of nitrogens with zero attached hydrogens (tertiary/aromatic N) is 1. The van der Waals surface area contributed by atoms with E-state index in [0.29, 0.717) is 0 Å². The first-order valence-electron chi connectivity index (χ1n) is 9.86. The third-order valence-corrected chi connectivity index (χ3v) is 6.98. The van der Waals surface area contributed by atoms with E-state index in [-0.39, 0.29) is 23.5 Å². The maximum atomic E-state index is 13.6. The number of rotatable bonds is 3. The minimum atomic E-state index is -0.231. The summed E-state index contributed by atoms with van der Waals surface area (Å²) in [6.07, 6.45) is 2.98. The summed E-state index contributed by atoms with van der Waals surface area (Å²) in [7, 11) is 0. The third-order valence-electron chi connectivity index (χ3n) is 5.52. The van der Waals surface area contributed by atoms with Crippen LogP contribution in [0, 0.1) is 13.8 Å². The molecule has 0 aliphatic heterocycles. The molecule has 0 bridgehead atoms. The van der Waals surface area contributed by atoms with Crippen LogP contribution >= 0.6 is 11.3 Å². The highest BCUT2D eigenvalue weighted by atomic mass is 32.1. The Balaban J connectivity index is 2.04. The molecule has 1 fully saturated rings. The van der Waals surface area contributed by atoms with Gasteiger partial charge in [-0.1, -0.05) is 39.0 Å². The maximum Gasteiger partial charge on any atom is 0.258 e. The molecule has 4 heteroatoms. The Morgan fingerprint density at radius 2 is 1.74 bits per heavy atom. The molecular formula is C23H31NO2S. The molecule has 1 saturated carbocycles. The summed E-state index contributed by atoms with van der Waals surface area (Å²) >= 11 is 1.79. The van der Waals surface area contributed by atoms with Crippen LogP contribution in [0.15, 0.2) is 30.3 Å². The van der Waals surface area contributed by atoms with E-state index in [4.69, 9.17) is 0 Å². The summed E-state index contributed by atoms with van der Waals surface area (Å²) < 4.78 is 0. The van der Waals surface area contributed by atoms with Crippen molar-refractivity contribution in [2.45, 2.75) is 77.9 Å². The summed E-state index contributed by atoms with van der Waals surface area (Å²) in [5.41, 5.74) is 2.88. The van der Waals surface area contributed by atoms with E-state index in [2.05, 4.69) is 33.8 Å². The van der Waals surface area contributed by atoms with Crippen LogP contribution in [0.1, 0.15) is 72.1 Å². The van der Waals surface area contributed by atoms with E-state index in [1.54, 1.807) is 11.3 Å². The summed E-state index contributed by atoms with van der Waals surface area (Å²) in [5.74, 6) is 0.0795. The van der Waals surface area contributed by atoms with Crippen LogP contribution in [0.5, 0.6) is 0 Å². The highest BCUT2D eigenvalue weighted by molar-refractivity contribution is 7.12. The molecule has 1 aromatic heterocycles. The Hall–Kier alpha value is -1.65. The molecule has 146 valence electrons. The van der Waals surface area contributed by atoms with Gasteiger partial charge in [0.1, 0.15) is 0 Å². The molecule has 27 heavy (non-hydrogen) atoms. The lowest BCUT2D eigenvalue weighted by atomic mass is 9.90. The number of aliphatic hydroxyl groups is 1. The van der Waals surface area contributed by atoms with Gasteiger partial charge in [0.25, 0.3) is 5.91 Å². The van der Waals surface area contributed by atoms with Crippen molar-refractivity contribution in [1.82, 2.24) is 0 Å². The molecule has 0 radical (unpaired) electrons. The normalized spacial score (nSPS) is 20.5. The van der Waals surface area contributed by atoms with E-state index in [1.165, 1.54) is 9.75 Å². The Bertz CT molecular complexity index is 810. The molecule has 0 atom stereocenters. The average Bonchev–Trinajstić information content (AvgIpc) is 2.99. The number of amides is 1. The third kappa shape index (κ3) is 4.27. The number of aliphatic hydroxyl groups excluding tert-OH is 1. The van der Waals surface area contributed by atoms with E-state index in [1.807, 2.05) is 36.1 Å². The predicted molar refractivity (Wildman–Crippen MR) is 114 cm³/mol. The van der Waals surface area contributed by atoms with E-state index in [9.17, 15) is 9.90 Å². The highest BCUT2D eigenvalue weighted by Gasteiger charge is 2.33. The minimum Gasteiger partial charge on any atom is -0.393 e. The Kier molecular flexibility index (Phi) is 5.78. The predicted octanol–water partition coefficient (Wildman–Crippen LogP) is 5.61. The zero-order chi connectivity index (χ0) is 19.8. The van der Waals surface area contributed by atoms with Crippen molar-refractivity contribution in [2.24, 2.45) is 0 Å². The standard InChI is InChI=1S/C23H31NO2S/c1-15-8-6-7-9-19(15)22(26)24(17-10-12-18(25)13-11-17)20-14-21(23(3,4)5)27-16(20)2/h6-9,14,17-18,25H,10-13H2,1-5H3. The number of carbonyl (C=O) groups excluding carboxylic acids is 1. The van der Waals surface area contributed by atoms with Crippen LogP contribution in [-0.2, 0) is 5.41 Å². The van der Waals surface area contributed by atoms with Gasteiger partial charge in [-0.25, -0.2) is 0 Å². The zero-order valence-corrected chi connectivity index (χ0v) is 17.9. The molecule has 2 aromatic rings. The number of thiophene rings is 1. The Morgan fingerprint density at radius 1 is 1.11 bits per heavy atom. The number of hydrogen-bond acceptors (Lipinski definition) is 3. The summed E-state index contributed by atoms with van der Waals surface area (Å²) in [4.78, 5) is 18.1. The molecule has 1 heterocycles. The molecule has 1 aliphatic rings. The van der Waals surface area contributed by atoms with Crippen molar-refractivity contribution in [3.05, 3.63) is 51.2 Å². The first-order valence-corrected chi connectivity index (χ1v) is 10.7. The fourth-order valence-electron chi connectivity index (χ4n) is 3.81. The lowest BCUT2D eigenvalue weighted by Gasteiger charge is -2.36. The summed E-state index contributed by atoms with van der Waals surface area (Å²) in [6.45, 7) is 10.8. The van der Waals surface area contributed by atoms with Crippen molar-refractivity contribution in [3.63, 3.8) is 0 Å². The highest BCUT2D eigenvalue weighted by Crippen LogP contribution is 2.40. The number of anilines is 1. The first-order chi connectivity index (χ1) is 12.7. The van der Waals surface area contributed by atoms with Crippen molar-refractivity contribution < 1.29 is 9.90 Å². The van der Waals surface area contributed by atoms with Crippen LogP contribution in [0.4, 0.5) is 5.69 Å². The van der Waals surface area contributed by atoms with Gasteiger partial charge in [0.2, 0.25) is 0 Å². The smallest absolute Gasteiger partial charge is 0.258 e. The number of carbonyl (C=O) groups is 1. The van der Waals surface area contributed by atoms with Crippen LogP contribution in [0.25, 0.3) is 0 Å². The second-order valence-electron chi connectivity index (χ2n) is 8.75. The van der Waals surface area contributed by atoms with E-state index in [0.717, 1.165) is 42.5 Å². The van der Waals surface area contributed by atoms with Gasteiger partial charge >= 0.3 is 0 Å². The van der Waals surface area contributed by atoms with Crippen molar-refractivity contribution >= 4 is 22.9 Å². The maximum absolute atomic E-state index is 13.6. The quantitative estimate of drug-likeness (QED) is 0.746. The molecule has 0 saturated heterocycles. The fourth-order valence-corrected chi connectivity index (χ4v) is 4.88. The number of aryl methyl sites for hydroxylation is 2. The van der Waals surface area contributed by atoms with Gasteiger partial charge in [0.05, 0.1) is 11.8 Å². The van der Waals surface area contributed by atoms with Gasteiger partial charge in [-0.3, -0.25) is 4.79 Å². The van der Waals surface area contributed by atoms with E-state index >= 15 is 0 Å². The monoisotopic (exact) mass is 385 g/mol. The zero-order valence-electron chi connectivity index (χ0n) is 17.1. The van der Waals surface area contributed by atoms with Crippen molar-refractivity contribution in [3.8, 4) is 0 Å². The molecule has 1 N–H and O–H groups in total. The fraction of sp³-hybridized carbons (Fsp3) is 0.522. The van der Waals surface area contributed by atoms with Crippen molar-refractivity contribution in [1.29, 1.82) is 0 Å². The Morgan fingerprint density at radius 3 is 2.30 bits per heavy atom. The molecule has 1 aromatic carbocycles. The van der Waals surface area contributed by atoms with Gasteiger partial charge in [-0.2, -0.15) is 0 Å². The van der Waals surface area contributed by atoms with Crippen LogP contribution in [0.2, 0.25) is 0 Å². The first kappa shape index (κ1) is 20.1. The van der Waals surface area contributed by atoms with Gasteiger partial charge < -0.3 is 10.0 Å². The minimum absolute atomic E-state index is 0.0633. The number of benzene rings is 1. The van der Waals surface area contributed by atoms with Gasteiger partial charge in [-0.05, 0) is 62.6 Å². The average molecular weight is 386 g/mol. The lowest BCUT2D eigenvalue weighted by Crippen LogP contribution is -2.43. The van der Waals surface area contributed by atoms with Crippen LogP contribution in [0.3, 0.4) is 0 Å². The van der Waals surface area contributed by atoms with Gasteiger partial charge in [-0.15, -0.1) is 11.3 Å². The molecule has 1 amide bonds. The second kappa shape index (κ2) is 7.76. The van der Waals surface area contributed by atoms with Gasteiger partial charge in [0.15, 0.2) is 0 Å². The summed E-state index contributed by atoms with van der Waals surface area (Å²) in [5, 5.41) is 9.94. The van der Waals surface area contributed by atoms with E-state index < -0.39 is 0 Å². The topological polar surface area (TPSA) is 40.5 Å². The lowest BCUT2D eigenvalue weighted by molar-refractivity contribution is 0.0927. The summed E-state index contributed by atoms with van der Waals surface area (Å²) in [6, 6.07) is 10.2. The molecule has 0 unspecified atom stereocenters. The molecule has 3 rings (SSSR count). The van der Waals surface area contributed by atoms with Crippen molar-refractivity contribution in [2.75, 3.05) is 4.90 Å². The second-order valence-corrected chi connectivity index (χ2v) is 10.0. The Labute approximate surface area is 167 Å². The molecular weight excluding hydrogens is 354 g/mol. The van der Waals surface area contributed by atoms with Crippen LogP contribution in [-0.4, -0.2) is 23.2 Å². The number of hydrogen-bond donors (Lipinski definition) is 1. The van der Waals surface area contributed by atoms with Gasteiger partial charge in [0, 0.05) is 21.4 Å². The molecule has 1 aliphatic carbocycles. The SMILES string of the molecule is Cc1ccccc1C(=O)N(c1cc(C(C)(C)C)sc1C)C1CCC(O)CC1. The largest absolute Gasteiger partial charge is 0.393 e. The molecule has 0 spiro atoms.